The SMILES string of the molecule is O=C(O)Cc1ncc(I)cc1C(F)(F)F. The van der Waals surface area contributed by atoms with Crippen molar-refractivity contribution in [1.82, 2.24) is 4.98 Å². The van der Waals surface area contributed by atoms with Crippen LogP contribution in [0, 0.1) is 3.57 Å². The molecule has 0 aliphatic carbocycles. The van der Waals surface area contributed by atoms with Crippen molar-refractivity contribution in [3.05, 3.63) is 27.1 Å². The van der Waals surface area contributed by atoms with Gasteiger partial charge in [-0.05, 0) is 28.7 Å². The summed E-state index contributed by atoms with van der Waals surface area (Å²) in [6, 6.07) is 0.881. The molecule has 1 aromatic rings. The quantitative estimate of drug-likeness (QED) is 0.847. The number of aliphatic carboxylic acids is 1. The Bertz CT molecular complexity index is 392. The highest BCUT2D eigenvalue weighted by Crippen LogP contribution is 2.32. The summed E-state index contributed by atoms with van der Waals surface area (Å²) in [7, 11) is 0. The normalized spacial score (nSPS) is 11.5. The zero-order valence-corrected chi connectivity index (χ0v) is 9.33. The molecule has 0 bridgehead atoms. The number of alkyl halides is 3. The standard InChI is InChI=1S/C8H5F3INO2/c9-8(10,11)5-1-4(12)3-13-6(5)2-7(14)15/h1,3H,2H2,(H,14,15). The van der Waals surface area contributed by atoms with Crippen LogP contribution in [0.15, 0.2) is 12.3 Å². The number of pyridine rings is 1. The van der Waals surface area contributed by atoms with Crippen LogP contribution in [0.4, 0.5) is 13.2 Å². The number of carboxylic acids is 1. The third kappa shape index (κ3) is 3.33. The van der Waals surface area contributed by atoms with Gasteiger partial charge in [-0.15, -0.1) is 0 Å². The number of nitrogens with zero attached hydrogens (tertiary/aromatic N) is 1. The predicted octanol–water partition coefficient (Wildman–Crippen LogP) is 2.33. The first-order valence-corrected chi connectivity index (χ1v) is 4.82. The number of hydrogen-bond acceptors (Lipinski definition) is 2. The molecule has 0 aliphatic rings. The van der Waals surface area contributed by atoms with E-state index in [1.165, 1.54) is 6.20 Å². The molecule has 0 saturated carbocycles. The summed E-state index contributed by atoms with van der Waals surface area (Å²) in [5, 5.41) is 8.42. The summed E-state index contributed by atoms with van der Waals surface area (Å²) in [6.07, 6.45) is -4.10. The molecule has 0 unspecified atom stereocenters. The van der Waals surface area contributed by atoms with Crippen LogP contribution in [0.3, 0.4) is 0 Å². The molecule has 0 amide bonds. The molecule has 0 radical (unpaired) electrons. The van der Waals surface area contributed by atoms with E-state index >= 15 is 0 Å². The highest BCUT2D eigenvalue weighted by atomic mass is 127. The van der Waals surface area contributed by atoms with Crippen molar-refractivity contribution in [3.8, 4) is 0 Å². The lowest BCUT2D eigenvalue weighted by Gasteiger charge is -2.10. The highest BCUT2D eigenvalue weighted by molar-refractivity contribution is 14.1. The number of hydrogen-bond donors (Lipinski definition) is 1. The maximum atomic E-state index is 12.4. The van der Waals surface area contributed by atoms with Gasteiger partial charge >= 0.3 is 12.1 Å². The van der Waals surface area contributed by atoms with Gasteiger partial charge in [0.25, 0.3) is 0 Å². The van der Waals surface area contributed by atoms with Gasteiger partial charge in [-0.25, -0.2) is 0 Å². The molecule has 0 fully saturated rings. The second-order valence-corrected chi connectivity index (χ2v) is 3.96. The molecule has 1 heterocycles. The van der Waals surface area contributed by atoms with Gasteiger partial charge in [0.15, 0.2) is 0 Å². The van der Waals surface area contributed by atoms with Crippen LogP contribution < -0.4 is 0 Å². The van der Waals surface area contributed by atoms with Crippen LogP contribution in [-0.2, 0) is 17.4 Å². The second-order valence-electron chi connectivity index (χ2n) is 2.72. The van der Waals surface area contributed by atoms with Gasteiger partial charge in [-0.3, -0.25) is 9.78 Å². The van der Waals surface area contributed by atoms with E-state index in [0.717, 1.165) is 6.07 Å². The number of halogens is 4. The van der Waals surface area contributed by atoms with Crippen molar-refractivity contribution in [2.45, 2.75) is 12.6 Å². The summed E-state index contributed by atoms with van der Waals surface area (Å²) in [5.41, 5.74) is -1.45. The molecule has 15 heavy (non-hydrogen) atoms. The van der Waals surface area contributed by atoms with Crippen molar-refractivity contribution >= 4 is 28.6 Å². The maximum Gasteiger partial charge on any atom is 0.418 e. The molecule has 1 N–H and O–H groups in total. The van der Waals surface area contributed by atoms with E-state index in [9.17, 15) is 18.0 Å². The summed E-state index contributed by atoms with van der Waals surface area (Å²) < 4.78 is 37.6. The second kappa shape index (κ2) is 4.33. The first-order chi connectivity index (χ1) is 6.80. The molecule has 82 valence electrons. The first kappa shape index (κ1) is 12.2. The molecular formula is C8H5F3INO2. The largest absolute Gasteiger partial charge is 0.481 e. The van der Waals surface area contributed by atoms with E-state index in [1.54, 1.807) is 22.6 Å². The fourth-order valence-corrected chi connectivity index (χ4v) is 1.45. The maximum absolute atomic E-state index is 12.4. The van der Waals surface area contributed by atoms with E-state index in [1.807, 2.05) is 0 Å². The Hall–Kier alpha value is -0.860. The van der Waals surface area contributed by atoms with Crippen LogP contribution in [0.25, 0.3) is 0 Å². The Kier molecular flexibility index (Phi) is 3.53. The fraction of sp³-hybridized carbons (Fsp3) is 0.250. The van der Waals surface area contributed by atoms with Crippen LogP contribution in [0.2, 0.25) is 0 Å². The lowest BCUT2D eigenvalue weighted by atomic mass is 10.1. The number of carboxylic acid groups (broad SMARTS) is 1. The number of aromatic nitrogens is 1. The lowest BCUT2D eigenvalue weighted by molar-refractivity contribution is -0.140. The number of carbonyl (C=O) groups is 1. The molecule has 7 heteroatoms. The lowest BCUT2D eigenvalue weighted by Crippen LogP contribution is -2.14. The molecule has 1 rings (SSSR count). The molecule has 0 atom stereocenters. The smallest absolute Gasteiger partial charge is 0.418 e. The molecule has 0 saturated heterocycles. The van der Waals surface area contributed by atoms with Crippen molar-refractivity contribution in [2.75, 3.05) is 0 Å². The van der Waals surface area contributed by atoms with Crippen LogP contribution in [0.5, 0.6) is 0 Å². The van der Waals surface area contributed by atoms with E-state index in [0.29, 0.717) is 3.57 Å². The average Bonchev–Trinajstić information content (AvgIpc) is 2.05. The van der Waals surface area contributed by atoms with Crippen molar-refractivity contribution in [2.24, 2.45) is 0 Å². The predicted molar refractivity (Wildman–Crippen MR) is 53.3 cm³/mol. The van der Waals surface area contributed by atoms with Crippen molar-refractivity contribution in [3.63, 3.8) is 0 Å². The first-order valence-electron chi connectivity index (χ1n) is 3.74. The third-order valence-corrected chi connectivity index (χ3v) is 2.15. The van der Waals surface area contributed by atoms with E-state index < -0.39 is 29.8 Å². The Labute approximate surface area is 96.5 Å². The van der Waals surface area contributed by atoms with Gasteiger partial charge in [0.05, 0.1) is 17.7 Å². The highest BCUT2D eigenvalue weighted by Gasteiger charge is 2.34. The Morgan fingerprint density at radius 2 is 2.13 bits per heavy atom. The van der Waals surface area contributed by atoms with E-state index in [-0.39, 0.29) is 0 Å². The summed E-state index contributed by atoms with van der Waals surface area (Å²) >= 11 is 1.69. The zero-order chi connectivity index (χ0) is 11.6. The minimum atomic E-state index is -4.57. The average molecular weight is 331 g/mol. The fourth-order valence-electron chi connectivity index (χ4n) is 0.997. The van der Waals surface area contributed by atoms with Gasteiger partial charge in [0.1, 0.15) is 0 Å². The molecule has 3 nitrogen and oxygen atoms in total. The number of rotatable bonds is 2. The monoisotopic (exact) mass is 331 g/mol. The van der Waals surface area contributed by atoms with Gasteiger partial charge in [0.2, 0.25) is 0 Å². The molecule has 1 aromatic heterocycles. The van der Waals surface area contributed by atoms with Gasteiger partial charge in [-0.2, -0.15) is 13.2 Å². The van der Waals surface area contributed by atoms with E-state index in [4.69, 9.17) is 5.11 Å². The minimum Gasteiger partial charge on any atom is -0.481 e. The zero-order valence-electron chi connectivity index (χ0n) is 7.18. The van der Waals surface area contributed by atoms with E-state index in [2.05, 4.69) is 4.98 Å². The van der Waals surface area contributed by atoms with Gasteiger partial charge in [-0.1, -0.05) is 0 Å². The summed E-state index contributed by atoms with van der Waals surface area (Å²) in [6.45, 7) is 0. The Morgan fingerprint density at radius 1 is 1.53 bits per heavy atom. The van der Waals surface area contributed by atoms with Crippen LogP contribution in [-0.4, -0.2) is 16.1 Å². The van der Waals surface area contributed by atoms with Crippen LogP contribution >= 0.6 is 22.6 Å². The summed E-state index contributed by atoms with van der Waals surface area (Å²) in [5.74, 6) is -1.34. The molecule has 0 aliphatic heterocycles. The van der Waals surface area contributed by atoms with Gasteiger partial charge in [0, 0.05) is 9.77 Å². The topological polar surface area (TPSA) is 50.2 Å². The van der Waals surface area contributed by atoms with Gasteiger partial charge < -0.3 is 5.11 Å². The summed E-state index contributed by atoms with van der Waals surface area (Å²) in [4.78, 5) is 13.8. The third-order valence-electron chi connectivity index (χ3n) is 1.56. The molecular weight excluding hydrogens is 326 g/mol. The molecule has 0 aromatic carbocycles. The van der Waals surface area contributed by atoms with Crippen LogP contribution in [0.1, 0.15) is 11.3 Å². The van der Waals surface area contributed by atoms with Crippen molar-refractivity contribution < 1.29 is 23.1 Å². The molecule has 0 spiro atoms. The minimum absolute atomic E-state index is 0.314. The Balaban J connectivity index is 3.20. The Morgan fingerprint density at radius 3 is 2.60 bits per heavy atom. The van der Waals surface area contributed by atoms with Crippen molar-refractivity contribution in [1.29, 1.82) is 0 Å².